The molecule has 0 aliphatic carbocycles. The predicted octanol–water partition coefficient (Wildman–Crippen LogP) is 6.92. The van der Waals surface area contributed by atoms with Gasteiger partial charge in [0.05, 0.1) is 0 Å². The van der Waals surface area contributed by atoms with Crippen LogP contribution in [0.2, 0.25) is 0 Å². The van der Waals surface area contributed by atoms with E-state index in [0.29, 0.717) is 0 Å². The number of halogens is 1. The fraction of sp³-hybridized carbons (Fsp3) is 0.696. The average Bonchev–Trinajstić information content (AvgIpc) is 2.63. The van der Waals surface area contributed by atoms with Crippen molar-refractivity contribution >= 4 is 18.9 Å². The van der Waals surface area contributed by atoms with Crippen LogP contribution in [0.3, 0.4) is 0 Å². The van der Waals surface area contributed by atoms with E-state index in [4.69, 9.17) is 0 Å². The number of carbonyl (C=O) groups is 1. The second-order valence-electron chi connectivity index (χ2n) is 8.30. The topological polar surface area (TPSA) is 29.1 Å². The Morgan fingerprint density at radius 1 is 0.963 bits per heavy atom. The van der Waals surface area contributed by atoms with Gasteiger partial charge in [0.15, 0.2) is 0 Å². The summed E-state index contributed by atoms with van der Waals surface area (Å²) in [5.41, 5.74) is 2.48. The van der Waals surface area contributed by atoms with Gasteiger partial charge in [0.1, 0.15) is 0 Å². The molecule has 1 rings (SSSR count). The van der Waals surface area contributed by atoms with E-state index in [1.807, 2.05) is 13.8 Å². The van der Waals surface area contributed by atoms with Crippen LogP contribution in [0.5, 0.6) is 0 Å². The zero-order valence-electron chi connectivity index (χ0n) is 18.4. The molecule has 0 aliphatic heterocycles. The van der Waals surface area contributed by atoms with Gasteiger partial charge >= 0.3 is 167 Å². The quantitative estimate of drug-likeness (QED) is 0.381. The number of rotatable bonds is 12. The zero-order valence-corrected chi connectivity index (χ0v) is 19.4. The number of benzene rings is 1. The molecular formula is C23H41FNOP. The summed E-state index contributed by atoms with van der Waals surface area (Å²) in [5, 5.41) is 3.17. The molecule has 0 aliphatic rings. The second-order valence-corrected chi connectivity index (χ2v) is 13.4. The summed E-state index contributed by atoms with van der Waals surface area (Å²) in [6.07, 6.45) is 11.0. The fourth-order valence-corrected chi connectivity index (χ4v) is 10.1. The van der Waals surface area contributed by atoms with Crippen LogP contribution in [0.4, 0.5) is 10.1 Å². The van der Waals surface area contributed by atoms with Gasteiger partial charge < -0.3 is 0 Å². The number of nitrogens with one attached hydrogen (secondary N) is 1. The monoisotopic (exact) mass is 397 g/mol. The molecule has 27 heavy (non-hydrogen) atoms. The van der Waals surface area contributed by atoms with Crippen LogP contribution in [0.15, 0.2) is 12.1 Å². The van der Waals surface area contributed by atoms with Gasteiger partial charge in [-0.2, -0.15) is 0 Å². The molecule has 0 saturated carbocycles. The van der Waals surface area contributed by atoms with Crippen molar-refractivity contribution in [2.45, 2.75) is 85.7 Å². The van der Waals surface area contributed by atoms with Crippen LogP contribution in [0.1, 0.15) is 77.3 Å². The second kappa shape index (κ2) is 11.8. The summed E-state index contributed by atoms with van der Waals surface area (Å²) in [7, 11) is -1.71. The average molecular weight is 398 g/mol. The van der Waals surface area contributed by atoms with E-state index in [1.54, 1.807) is 0 Å². The minimum absolute atomic E-state index is 0.0889. The molecule has 4 heteroatoms. The van der Waals surface area contributed by atoms with E-state index < -0.39 is 7.26 Å². The van der Waals surface area contributed by atoms with Gasteiger partial charge in [-0.15, -0.1) is 0 Å². The maximum absolute atomic E-state index is 13.6. The molecule has 1 N–H and O–H groups in total. The van der Waals surface area contributed by atoms with E-state index in [1.165, 1.54) is 69.1 Å². The Balaban J connectivity index is 3.10. The Labute approximate surface area is 167 Å². The van der Waals surface area contributed by atoms with E-state index in [0.717, 1.165) is 16.8 Å². The summed E-state index contributed by atoms with van der Waals surface area (Å²) in [4.78, 5) is 13.3. The molecule has 1 aromatic carbocycles. The van der Waals surface area contributed by atoms with Gasteiger partial charge in [-0.3, -0.25) is 0 Å². The Kier molecular flexibility index (Phi) is 10.5. The first kappa shape index (κ1) is 24.1. The number of hydrogen-bond donors (Lipinski definition) is 1. The van der Waals surface area contributed by atoms with Crippen molar-refractivity contribution in [2.75, 3.05) is 23.8 Å². The Morgan fingerprint density at radius 3 is 1.74 bits per heavy atom. The van der Waals surface area contributed by atoms with Gasteiger partial charge in [0.25, 0.3) is 0 Å². The number of carbonyl (C=O) groups excluding carboxylic acids is 1. The number of hydrogen-bond acceptors (Lipinski definition) is 1. The minimum atomic E-state index is -1.71. The molecule has 156 valence electrons. The van der Waals surface area contributed by atoms with Gasteiger partial charge in [0, 0.05) is 0 Å². The van der Waals surface area contributed by atoms with E-state index in [9.17, 15) is 9.18 Å². The molecule has 0 radical (unpaired) electrons. The maximum atomic E-state index is 13.6. The van der Waals surface area contributed by atoms with Crippen LogP contribution in [0.25, 0.3) is 0 Å². The van der Waals surface area contributed by atoms with Crippen LogP contribution in [0, 0.1) is 19.7 Å². The molecule has 0 spiro atoms. The van der Waals surface area contributed by atoms with Crippen molar-refractivity contribution in [1.82, 2.24) is 0 Å². The standard InChI is InChI=1S/C23H41FNOP/c1-7-10-13-27(14-11-8-2,15-12-9-3)20(6)23(26)25-22-18(4)16-21(24)17-19(22)5/h16-17,20,27H,7-15H2,1-6H3,(H,25,26). The fourth-order valence-electron chi connectivity index (χ4n) is 4.23. The van der Waals surface area contributed by atoms with Crippen LogP contribution in [-0.4, -0.2) is 30.1 Å². The Hall–Kier alpha value is -0.950. The SMILES string of the molecule is CCCC[PH](CCCC)(CCCC)C(C)C(=O)Nc1c(C)cc(F)cc1C. The van der Waals surface area contributed by atoms with Crippen molar-refractivity contribution in [3.63, 3.8) is 0 Å². The molecule has 1 unspecified atom stereocenters. The zero-order chi connectivity index (χ0) is 20.4. The summed E-state index contributed by atoms with van der Waals surface area (Å²) >= 11 is 0. The van der Waals surface area contributed by atoms with Crippen molar-refractivity contribution in [3.8, 4) is 0 Å². The first-order chi connectivity index (χ1) is 12.8. The van der Waals surface area contributed by atoms with Crippen LogP contribution in [-0.2, 0) is 4.79 Å². The molecule has 0 saturated heterocycles. The molecular weight excluding hydrogens is 356 g/mol. The van der Waals surface area contributed by atoms with Crippen molar-refractivity contribution in [1.29, 1.82) is 0 Å². The van der Waals surface area contributed by atoms with Gasteiger partial charge in [-0.1, -0.05) is 0 Å². The molecule has 1 amide bonds. The molecule has 0 fully saturated rings. The Morgan fingerprint density at radius 2 is 1.37 bits per heavy atom. The van der Waals surface area contributed by atoms with Crippen molar-refractivity contribution in [2.24, 2.45) is 0 Å². The van der Waals surface area contributed by atoms with Crippen LogP contribution >= 0.6 is 7.26 Å². The molecule has 1 atom stereocenters. The predicted molar refractivity (Wildman–Crippen MR) is 122 cm³/mol. The van der Waals surface area contributed by atoms with Crippen molar-refractivity contribution in [3.05, 3.63) is 29.1 Å². The summed E-state index contributed by atoms with van der Waals surface area (Å²) in [6.45, 7) is 12.6. The van der Waals surface area contributed by atoms with Gasteiger partial charge in [0.2, 0.25) is 0 Å². The van der Waals surface area contributed by atoms with E-state index in [2.05, 4.69) is 33.0 Å². The van der Waals surface area contributed by atoms with Gasteiger partial charge in [-0.05, 0) is 0 Å². The summed E-state index contributed by atoms with van der Waals surface area (Å²) < 4.78 is 13.6. The van der Waals surface area contributed by atoms with E-state index in [-0.39, 0.29) is 17.4 Å². The first-order valence-corrected chi connectivity index (χ1v) is 13.6. The first-order valence-electron chi connectivity index (χ1n) is 10.9. The summed E-state index contributed by atoms with van der Waals surface area (Å²) in [5.74, 6) is -0.101. The molecule has 0 bridgehead atoms. The van der Waals surface area contributed by atoms with Crippen LogP contribution < -0.4 is 5.32 Å². The molecule has 1 aromatic rings. The van der Waals surface area contributed by atoms with Gasteiger partial charge in [-0.25, -0.2) is 0 Å². The number of unbranched alkanes of at least 4 members (excludes halogenated alkanes) is 3. The number of anilines is 1. The normalized spacial score (nSPS) is 13.4. The molecule has 0 heterocycles. The number of aryl methyl sites for hydroxylation is 2. The van der Waals surface area contributed by atoms with Crippen molar-refractivity contribution < 1.29 is 9.18 Å². The molecule has 2 nitrogen and oxygen atoms in total. The third-order valence-electron chi connectivity index (χ3n) is 6.14. The van der Waals surface area contributed by atoms with E-state index >= 15 is 0 Å². The third kappa shape index (κ3) is 6.86. The Bertz CT molecular complexity index is 557. The number of amides is 1. The summed E-state index contributed by atoms with van der Waals surface area (Å²) in [6, 6.07) is 3.01. The molecule has 0 aromatic heterocycles. The third-order valence-corrected chi connectivity index (χ3v) is 12.3.